The Hall–Kier alpha value is -2.76. The number of methoxy groups -OCH3 is 1. The summed E-state index contributed by atoms with van der Waals surface area (Å²) in [6.45, 7) is 9.49. The molecule has 0 spiro atoms. The van der Waals surface area contributed by atoms with Crippen LogP contribution < -0.4 is 20.5 Å². The van der Waals surface area contributed by atoms with E-state index in [-0.39, 0.29) is 35.2 Å². The molecule has 2 rings (SSSR count). The molecule has 3 N–H and O–H groups in total. The van der Waals surface area contributed by atoms with Gasteiger partial charge in [-0.2, -0.15) is 0 Å². The van der Waals surface area contributed by atoms with E-state index in [0.29, 0.717) is 0 Å². The third-order valence-corrected chi connectivity index (χ3v) is 3.19. The highest BCUT2D eigenvalue weighted by molar-refractivity contribution is 5.80. The van der Waals surface area contributed by atoms with Crippen LogP contribution in [0.25, 0.3) is 0 Å². The molecule has 0 aliphatic heterocycles. The molecule has 0 saturated carbocycles. The molecule has 0 aliphatic carbocycles. The Morgan fingerprint density at radius 1 is 1.20 bits per heavy atom. The van der Waals surface area contributed by atoms with Crippen molar-refractivity contribution in [1.82, 2.24) is 0 Å². The van der Waals surface area contributed by atoms with Crippen molar-refractivity contribution < 1.29 is 18.3 Å². The van der Waals surface area contributed by atoms with Crippen LogP contribution in [0.15, 0.2) is 36.9 Å². The second-order valence-corrected chi connectivity index (χ2v) is 4.89. The normalized spacial score (nSPS) is 9.68. The molecule has 0 heterocycles. The lowest BCUT2D eigenvalue weighted by molar-refractivity contribution is 0.353. The number of ether oxygens (including phenoxy) is 2. The van der Waals surface area contributed by atoms with Gasteiger partial charge in [-0.25, -0.2) is 8.78 Å². The number of nitrogens with one attached hydrogen (secondary N) is 1. The Bertz CT molecular complexity index is 734. The minimum absolute atomic E-state index is 0.0186. The van der Waals surface area contributed by atoms with Crippen molar-refractivity contribution in [2.24, 2.45) is 0 Å². The van der Waals surface area contributed by atoms with Crippen LogP contribution in [-0.4, -0.2) is 13.7 Å². The van der Waals surface area contributed by atoms with E-state index in [1.54, 1.807) is 13.0 Å². The topological polar surface area (TPSA) is 56.5 Å². The smallest absolute Gasteiger partial charge is 0.190 e. The zero-order valence-corrected chi connectivity index (χ0v) is 15.0. The fourth-order valence-electron chi connectivity index (χ4n) is 2.02. The predicted molar refractivity (Wildman–Crippen MR) is 98.8 cm³/mol. The minimum atomic E-state index is -0.726. The quantitative estimate of drug-likeness (QED) is 0.555. The molecule has 2 aromatic carbocycles. The summed E-state index contributed by atoms with van der Waals surface area (Å²) >= 11 is 0. The van der Waals surface area contributed by atoms with Gasteiger partial charge in [0.2, 0.25) is 0 Å². The maximum Gasteiger partial charge on any atom is 0.190 e. The van der Waals surface area contributed by atoms with Gasteiger partial charge < -0.3 is 20.5 Å². The van der Waals surface area contributed by atoms with Crippen LogP contribution >= 0.6 is 0 Å². The number of aryl methyl sites for hydroxylation is 1. The van der Waals surface area contributed by atoms with Crippen molar-refractivity contribution in [2.75, 3.05) is 24.8 Å². The molecule has 0 radical (unpaired) electrons. The molecule has 0 saturated heterocycles. The van der Waals surface area contributed by atoms with E-state index >= 15 is 0 Å². The fourth-order valence-corrected chi connectivity index (χ4v) is 2.02. The average Bonchev–Trinajstić information content (AvgIpc) is 2.61. The first-order valence-corrected chi connectivity index (χ1v) is 7.90. The van der Waals surface area contributed by atoms with Crippen molar-refractivity contribution >= 4 is 17.1 Å². The standard InChI is InChI=1S/C17H18F2N2O2.C2H6/c1-4-7-23-14-9-13(22-3)15(19)17(16(14)20)21-12-6-5-10(2)8-11(12)18;1-2/h4-6,8-9,21H,1,7,20H2,2-3H3;1-2H3. The van der Waals surface area contributed by atoms with Gasteiger partial charge in [0.25, 0.3) is 0 Å². The highest BCUT2D eigenvalue weighted by atomic mass is 19.1. The van der Waals surface area contributed by atoms with Gasteiger partial charge in [-0.3, -0.25) is 0 Å². The number of hydrogen-bond donors (Lipinski definition) is 2. The zero-order valence-electron chi connectivity index (χ0n) is 15.0. The summed E-state index contributed by atoms with van der Waals surface area (Å²) in [5.74, 6) is -1.08. The number of hydrogen-bond acceptors (Lipinski definition) is 4. The third kappa shape index (κ3) is 4.86. The summed E-state index contributed by atoms with van der Waals surface area (Å²) in [5, 5.41) is 2.67. The monoisotopic (exact) mass is 350 g/mol. The Labute approximate surface area is 147 Å². The molecule has 136 valence electrons. The number of nitrogen functional groups attached to an aromatic ring is 1. The maximum absolute atomic E-state index is 14.5. The van der Waals surface area contributed by atoms with E-state index in [9.17, 15) is 8.78 Å². The molecule has 0 fully saturated rings. The lowest BCUT2D eigenvalue weighted by Crippen LogP contribution is -2.06. The van der Waals surface area contributed by atoms with Crippen molar-refractivity contribution in [3.63, 3.8) is 0 Å². The van der Waals surface area contributed by atoms with Crippen molar-refractivity contribution in [2.45, 2.75) is 20.8 Å². The van der Waals surface area contributed by atoms with E-state index < -0.39 is 11.6 Å². The summed E-state index contributed by atoms with van der Waals surface area (Å²) < 4.78 is 38.8. The van der Waals surface area contributed by atoms with E-state index in [1.807, 2.05) is 13.8 Å². The van der Waals surface area contributed by atoms with Gasteiger partial charge in [-0.05, 0) is 24.6 Å². The van der Waals surface area contributed by atoms with Crippen LogP contribution in [0, 0.1) is 18.6 Å². The van der Waals surface area contributed by atoms with Crippen molar-refractivity contribution in [3.8, 4) is 11.5 Å². The molecule has 0 aromatic heterocycles. The molecular formula is C19H24F2N2O2. The highest BCUT2D eigenvalue weighted by Crippen LogP contribution is 2.40. The van der Waals surface area contributed by atoms with Gasteiger partial charge in [0.1, 0.15) is 29.5 Å². The van der Waals surface area contributed by atoms with Gasteiger partial charge in [0.15, 0.2) is 11.6 Å². The van der Waals surface area contributed by atoms with E-state index in [1.165, 1.54) is 31.4 Å². The first-order chi connectivity index (χ1) is 12.0. The summed E-state index contributed by atoms with van der Waals surface area (Å²) in [6.07, 6.45) is 1.53. The Kier molecular flexibility index (Phi) is 7.72. The molecule has 0 bridgehead atoms. The van der Waals surface area contributed by atoms with Crippen LogP contribution in [0.5, 0.6) is 11.5 Å². The third-order valence-electron chi connectivity index (χ3n) is 3.19. The van der Waals surface area contributed by atoms with Crippen LogP contribution in [0.1, 0.15) is 19.4 Å². The number of anilines is 3. The van der Waals surface area contributed by atoms with Gasteiger partial charge in [0, 0.05) is 6.07 Å². The second-order valence-electron chi connectivity index (χ2n) is 4.89. The number of halogens is 2. The summed E-state index contributed by atoms with van der Waals surface area (Å²) in [7, 11) is 1.32. The maximum atomic E-state index is 14.5. The summed E-state index contributed by atoms with van der Waals surface area (Å²) in [5.41, 5.74) is 6.70. The van der Waals surface area contributed by atoms with Crippen LogP contribution in [-0.2, 0) is 0 Å². The van der Waals surface area contributed by atoms with Gasteiger partial charge in [-0.1, -0.05) is 32.6 Å². The molecule has 0 amide bonds. The van der Waals surface area contributed by atoms with Crippen molar-refractivity contribution in [1.29, 1.82) is 0 Å². The van der Waals surface area contributed by atoms with Crippen LogP contribution in [0.3, 0.4) is 0 Å². The largest absolute Gasteiger partial charge is 0.493 e. The summed E-state index contributed by atoms with van der Waals surface area (Å²) in [6, 6.07) is 5.89. The molecule has 25 heavy (non-hydrogen) atoms. The van der Waals surface area contributed by atoms with E-state index in [4.69, 9.17) is 15.2 Å². The Morgan fingerprint density at radius 3 is 2.44 bits per heavy atom. The number of benzene rings is 2. The highest BCUT2D eigenvalue weighted by Gasteiger charge is 2.19. The van der Waals surface area contributed by atoms with Crippen LogP contribution in [0.2, 0.25) is 0 Å². The molecule has 4 nitrogen and oxygen atoms in total. The molecule has 0 atom stereocenters. The van der Waals surface area contributed by atoms with E-state index in [0.717, 1.165) is 5.56 Å². The van der Waals surface area contributed by atoms with E-state index in [2.05, 4.69) is 11.9 Å². The first-order valence-electron chi connectivity index (χ1n) is 7.90. The second kappa shape index (κ2) is 9.52. The van der Waals surface area contributed by atoms with Gasteiger partial charge >= 0.3 is 0 Å². The summed E-state index contributed by atoms with van der Waals surface area (Å²) in [4.78, 5) is 0. The first kappa shape index (κ1) is 20.3. The van der Waals surface area contributed by atoms with Gasteiger partial charge in [0.05, 0.1) is 12.8 Å². The molecule has 0 unspecified atom stereocenters. The molecule has 0 aliphatic rings. The van der Waals surface area contributed by atoms with Crippen molar-refractivity contribution in [3.05, 3.63) is 54.1 Å². The van der Waals surface area contributed by atoms with Gasteiger partial charge in [-0.15, -0.1) is 0 Å². The molecule has 2 aromatic rings. The SMILES string of the molecule is C=CCOc1cc(OC)c(F)c(Nc2ccc(C)cc2F)c1N.CC. The number of rotatable bonds is 6. The molecule has 6 heteroatoms. The Morgan fingerprint density at radius 2 is 1.88 bits per heavy atom. The van der Waals surface area contributed by atoms with Crippen LogP contribution in [0.4, 0.5) is 25.8 Å². The predicted octanol–water partition coefficient (Wildman–Crippen LogP) is 5.20. The fraction of sp³-hybridized carbons (Fsp3) is 0.263. The molecular weight excluding hydrogens is 326 g/mol. The lowest BCUT2D eigenvalue weighted by Gasteiger charge is -2.17. The Balaban J connectivity index is 0.00000151. The average molecular weight is 350 g/mol. The minimum Gasteiger partial charge on any atom is -0.493 e. The zero-order chi connectivity index (χ0) is 19.0. The number of nitrogens with two attached hydrogens (primary N) is 1. The lowest BCUT2D eigenvalue weighted by atomic mass is 10.2.